The van der Waals surface area contributed by atoms with Gasteiger partial charge < -0.3 is 4.74 Å². The van der Waals surface area contributed by atoms with Crippen LogP contribution in [0.1, 0.15) is 0 Å². The number of ether oxygens (including phenoxy) is 1. The Labute approximate surface area is 284 Å². The smallest absolute Gasteiger partial charge is 0.340 e. The Morgan fingerprint density at radius 3 is 1.09 bits per heavy atom. The van der Waals surface area contributed by atoms with Crippen molar-refractivity contribution in [2.45, 2.75) is 0 Å². The molecule has 0 spiro atoms. The zero-order valence-corrected chi connectivity index (χ0v) is 27.8. The number of nitrogens with one attached hydrogen (secondary N) is 2. The summed E-state index contributed by atoms with van der Waals surface area (Å²) in [5.74, 6) is 0.848. The average molecular weight is 828 g/mol. The van der Waals surface area contributed by atoms with Gasteiger partial charge in [-0.15, -0.1) is 0 Å². The number of carbonyl (C=O) groups is 2. The van der Waals surface area contributed by atoms with Crippen LogP contribution in [0.15, 0.2) is 97.1 Å². The summed E-state index contributed by atoms with van der Waals surface area (Å²) in [7, 11) is 0. The van der Waals surface area contributed by atoms with Gasteiger partial charge in [-0.3, -0.25) is 10.8 Å². The molecule has 9 nitrogen and oxygen atoms in total. The van der Waals surface area contributed by atoms with Crippen LogP contribution in [-0.2, 0) is 0 Å². The fourth-order valence-corrected chi connectivity index (χ4v) is 5.81. The number of benzene rings is 4. The van der Waals surface area contributed by atoms with E-state index in [9.17, 15) is 9.59 Å². The molecule has 0 aromatic heterocycles. The molecule has 43 heavy (non-hydrogen) atoms. The molecule has 2 aliphatic heterocycles. The monoisotopic (exact) mass is 828 g/mol. The first-order chi connectivity index (χ1) is 20.6. The summed E-state index contributed by atoms with van der Waals surface area (Å²) in [6, 6.07) is 27.3. The van der Waals surface area contributed by atoms with Crippen LogP contribution in [0.4, 0.5) is 32.3 Å². The molecular weight excluding hydrogens is 810 g/mol. The first-order valence-corrected chi connectivity index (χ1v) is 15.5. The highest BCUT2D eigenvalue weighted by molar-refractivity contribution is 14.1. The van der Waals surface area contributed by atoms with Crippen molar-refractivity contribution in [2.75, 3.05) is 19.6 Å². The predicted octanol–water partition coefficient (Wildman–Crippen LogP) is 8.19. The molecule has 0 bridgehead atoms. The largest absolute Gasteiger partial charge is 0.457 e. The van der Waals surface area contributed by atoms with Gasteiger partial charge in [0.2, 0.25) is 0 Å². The van der Waals surface area contributed by atoms with Crippen LogP contribution in [0.2, 0.25) is 0 Å². The lowest BCUT2D eigenvalue weighted by Crippen LogP contribution is -2.33. The van der Waals surface area contributed by atoms with Gasteiger partial charge in [-0.1, -0.05) is 24.4 Å². The molecule has 4 aromatic carbocycles. The van der Waals surface area contributed by atoms with Gasteiger partial charge in [-0.2, -0.15) is 0 Å². The molecule has 4 amide bonds. The van der Waals surface area contributed by atoms with Crippen LogP contribution in [0, 0.1) is 18.0 Å². The molecule has 2 aliphatic rings. The molecule has 13 heteroatoms. The summed E-state index contributed by atoms with van der Waals surface area (Å²) in [5.41, 5.74) is 2.16. The second-order valence-corrected chi connectivity index (χ2v) is 12.5. The van der Waals surface area contributed by atoms with Gasteiger partial charge in [0.15, 0.2) is 21.6 Å². The Morgan fingerprint density at radius 2 is 0.767 bits per heavy atom. The van der Waals surface area contributed by atoms with Crippen molar-refractivity contribution >= 4 is 126 Å². The van der Waals surface area contributed by atoms with E-state index < -0.39 is 12.1 Å². The minimum absolute atomic E-state index is 0.0788. The van der Waals surface area contributed by atoms with Crippen LogP contribution >= 0.6 is 69.6 Å². The predicted molar refractivity (Wildman–Crippen MR) is 193 cm³/mol. The molecule has 2 saturated heterocycles. The van der Waals surface area contributed by atoms with Crippen molar-refractivity contribution in [1.29, 1.82) is 10.8 Å². The molecule has 212 valence electrons. The van der Waals surface area contributed by atoms with Gasteiger partial charge in [0, 0.05) is 7.14 Å². The number of anilines is 4. The quantitative estimate of drug-likeness (QED) is 0.151. The van der Waals surface area contributed by atoms with Crippen molar-refractivity contribution in [3.05, 3.63) is 104 Å². The number of hydrogen-bond donors (Lipinski definition) is 2. The zero-order chi connectivity index (χ0) is 30.4. The molecule has 2 heterocycles. The highest BCUT2D eigenvalue weighted by atomic mass is 127. The van der Waals surface area contributed by atoms with E-state index in [4.69, 9.17) is 40.0 Å². The molecule has 6 rings (SSSR count). The molecule has 0 unspecified atom stereocenters. The van der Waals surface area contributed by atoms with E-state index in [1.807, 2.05) is 24.3 Å². The SMILES string of the molecule is N=C1C(=S)N(c2ccc(I)cc2)C(=O)N1c1ccc(Oc2ccc(N3C(=N)C(=S)N(c4ccc(I)cc4)C3=O)cc2)cc1. The molecule has 2 N–H and O–H groups in total. The first-order valence-electron chi connectivity index (χ1n) is 12.6. The summed E-state index contributed by atoms with van der Waals surface area (Å²) in [6.45, 7) is 0. The standard InChI is InChI=1S/C30H18I2N6O3S2/c31-17-1-5-21(6-2-17)37-27(42)25(33)35(29(37)39)19-9-13-23(14-10-19)41-24-15-11-20(12-16-24)36-26(34)28(43)38(30(36)40)22-7-3-18(32)4-8-22/h1-16,33-34H. The molecule has 0 radical (unpaired) electrons. The van der Waals surface area contributed by atoms with E-state index in [1.54, 1.807) is 72.8 Å². The van der Waals surface area contributed by atoms with Crippen molar-refractivity contribution in [1.82, 2.24) is 0 Å². The van der Waals surface area contributed by atoms with Crippen LogP contribution in [0.5, 0.6) is 11.5 Å². The fraction of sp³-hybridized carbons (Fsp3) is 0. The number of urea groups is 2. The molecular formula is C30H18I2N6O3S2. The van der Waals surface area contributed by atoms with Gasteiger partial charge in [-0.25, -0.2) is 29.2 Å². The van der Waals surface area contributed by atoms with Crippen molar-refractivity contribution < 1.29 is 14.3 Å². The first kappa shape index (κ1) is 29.3. The lowest BCUT2D eigenvalue weighted by atomic mass is 10.2. The second-order valence-electron chi connectivity index (χ2n) is 9.26. The normalized spacial score (nSPS) is 15.3. The van der Waals surface area contributed by atoms with Gasteiger partial charge >= 0.3 is 12.1 Å². The maximum absolute atomic E-state index is 13.2. The van der Waals surface area contributed by atoms with E-state index in [1.165, 1.54) is 19.6 Å². The third-order valence-corrected chi connectivity index (χ3v) is 8.81. The number of halogens is 2. The van der Waals surface area contributed by atoms with Crippen LogP contribution < -0.4 is 24.3 Å². The molecule has 4 aromatic rings. The number of carbonyl (C=O) groups excluding carboxylic acids is 2. The maximum Gasteiger partial charge on any atom is 0.340 e. The third-order valence-electron chi connectivity index (χ3n) is 6.62. The Kier molecular flexibility index (Phi) is 7.97. The average Bonchev–Trinajstić information content (AvgIpc) is 3.36. The minimum Gasteiger partial charge on any atom is -0.457 e. The number of thiocarbonyl (C=S) groups is 2. The van der Waals surface area contributed by atoms with E-state index >= 15 is 0 Å². The fourth-order valence-electron chi connectivity index (χ4n) is 4.55. The lowest BCUT2D eigenvalue weighted by Gasteiger charge is -2.18. The number of amidine groups is 2. The summed E-state index contributed by atoms with van der Waals surface area (Å²) < 4.78 is 8.02. The Balaban J connectivity index is 1.15. The van der Waals surface area contributed by atoms with Crippen LogP contribution in [0.3, 0.4) is 0 Å². The molecule has 2 fully saturated rings. The third kappa shape index (κ3) is 5.41. The molecule has 0 aliphatic carbocycles. The van der Waals surface area contributed by atoms with Crippen molar-refractivity contribution in [3.8, 4) is 11.5 Å². The number of amides is 4. The van der Waals surface area contributed by atoms with Gasteiger partial charge in [0.25, 0.3) is 0 Å². The molecule has 0 atom stereocenters. The Hall–Kier alpha value is -3.80. The van der Waals surface area contributed by atoms with E-state index in [0.717, 1.165) is 7.14 Å². The number of nitrogens with zero attached hydrogens (tertiary/aromatic N) is 4. The number of hydrogen-bond acceptors (Lipinski definition) is 7. The van der Waals surface area contributed by atoms with Gasteiger partial charge in [0.05, 0.1) is 22.7 Å². The van der Waals surface area contributed by atoms with E-state index in [0.29, 0.717) is 34.2 Å². The maximum atomic E-state index is 13.2. The Morgan fingerprint density at radius 1 is 0.488 bits per heavy atom. The molecule has 0 saturated carbocycles. The topological polar surface area (TPSA) is 104 Å². The zero-order valence-electron chi connectivity index (χ0n) is 21.8. The van der Waals surface area contributed by atoms with E-state index in [-0.39, 0.29) is 21.6 Å². The van der Waals surface area contributed by atoms with E-state index in [2.05, 4.69) is 45.2 Å². The van der Waals surface area contributed by atoms with Gasteiger partial charge in [-0.05, 0) is 142 Å². The lowest BCUT2D eigenvalue weighted by molar-refractivity contribution is 0.256. The highest BCUT2D eigenvalue weighted by Gasteiger charge is 2.41. The van der Waals surface area contributed by atoms with Gasteiger partial charge in [0.1, 0.15) is 11.5 Å². The summed E-state index contributed by atoms with van der Waals surface area (Å²) in [6.07, 6.45) is 0. The van der Waals surface area contributed by atoms with Crippen molar-refractivity contribution in [3.63, 3.8) is 0 Å². The Bertz CT molecular complexity index is 1700. The summed E-state index contributed by atoms with van der Waals surface area (Å²) in [5, 5.41) is 16.9. The summed E-state index contributed by atoms with van der Waals surface area (Å²) >= 11 is 15.2. The second kappa shape index (κ2) is 11.7. The minimum atomic E-state index is -0.428. The highest BCUT2D eigenvalue weighted by Crippen LogP contribution is 2.33. The number of rotatable bonds is 6. The van der Waals surface area contributed by atoms with Crippen molar-refractivity contribution in [2.24, 2.45) is 0 Å². The summed E-state index contributed by atoms with van der Waals surface area (Å²) in [4.78, 5) is 31.9. The van der Waals surface area contributed by atoms with Crippen LogP contribution in [-0.4, -0.2) is 33.7 Å². The van der Waals surface area contributed by atoms with Crippen LogP contribution in [0.25, 0.3) is 0 Å².